The van der Waals surface area contributed by atoms with Crippen LogP contribution in [-0.4, -0.2) is 36.3 Å². The van der Waals surface area contributed by atoms with Gasteiger partial charge >= 0.3 is 0 Å². The quantitative estimate of drug-likeness (QED) is 0.526. The molecule has 0 unspecified atom stereocenters. The number of hydrogen-bond acceptors (Lipinski definition) is 5. The maximum atomic E-state index is 12.4. The molecule has 3 N–H and O–H groups in total. The highest BCUT2D eigenvalue weighted by atomic mass is 16.1. The summed E-state index contributed by atoms with van der Waals surface area (Å²) in [5.41, 5.74) is 3.21. The van der Waals surface area contributed by atoms with Crippen LogP contribution in [0.1, 0.15) is 16.3 Å². The van der Waals surface area contributed by atoms with Gasteiger partial charge in [0, 0.05) is 17.4 Å². The van der Waals surface area contributed by atoms with E-state index >= 15 is 0 Å². The van der Waals surface area contributed by atoms with Crippen LogP contribution in [0.15, 0.2) is 54.7 Å². The highest BCUT2D eigenvalue weighted by molar-refractivity contribution is 6.03. The van der Waals surface area contributed by atoms with Gasteiger partial charge in [-0.1, -0.05) is 6.07 Å². The molecule has 3 aromatic heterocycles. The Morgan fingerprint density at radius 1 is 1.00 bits per heavy atom. The van der Waals surface area contributed by atoms with Crippen LogP contribution in [0.5, 0.6) is 0 Å². The summed E-state index contributed by atoms with van der Waals surface area (Å²) < 4.78 is 0. The van der Waals surface area contributed by atoms with E-state index in [4.69, 9.17) is 0 Å². The van der Waals surface area contributed by atoms with Crippen LogP contribution < -0.4 is 5.32 Å². The minimum atomic E-state index is -0.277. The lowest BCUT2D eigenvalue weighted by Gasteiger charge is -2.04. The first-order valence-electron chi connectivity index (χ1n) is 7.96. The van der Waals surface area contributed by atoms with Gasteiger partial charge in [0.25, 0.3) is 5.91 Å². The number of H-pyrrole nitrogens is 2. The van der Waals surface area contributed by atoms with E-state index in [-0.39, 0.29) is 5.91 Å². The monoisotopic (exact) mass is 345 g/mol. The Bertz CT molecular complexity index is 1030. The first-order valence-corrected chi connectivity index (χ1v) is 7.96. The molecule has 0 atom stereocenters. The molecule has 0 saturated heterocycles. The Morgan fingerprint density at radius 2 is 1.85 bits per heavy atom. The molecule has 0 spiro atoms. The van der Waals surface area contributed by atoms with Gasteiger partial charge in [-0.15, -0.1) is 0 Å². The largest absolute Gasteiger partial charge is 0.321 e. The van der Waals surface area contributed by atoms with Crippen LogP contribution >= 0.6 is 0 Å². The summed E-state index contributed by atoms with van der Waals surface area (Å²) >= 11 is 0. The van der Waals surface area contributed by atoms with Crippen molar-refractivity contribution in [1.29, 1.82) is 0 Å². The lowest BCUT2D eigenvalue weighted by atomic mass is 10.2. The number of carbonyl (C=O) groups is 1. The molecular weight excluding hydrogens is 330 g/mol. The molecule has 0 saturated carbocycles. The van der Waals surface area contributed by atoms with Crippen molar-refractivity contribution in [3.05, 3.63) is 66.2 Å². The van der Waals surface area contributed by atoms with Crippen LogP contribution in [0, 0.1) is 6.92 Å². The molecule has 1 aromatic carbocycles. The average Bonchev–Trinajstić information content (AvgIpc) is 3.32. The lowest BCUT2D eigenvalue weighted by Crippen LogP contribution is -2.12. The third kappa shape index (κ3) is 3.20. The fourth-order valence-corrected chi connectivity index (χ4v) is 2.46. The Balaban J connectivity index is 1.47. The molecule has 4 rings (SSSR count). The van der Waals surface area contributed by atoms with E-state index in [0.29, 0.717) is 28.6 Å². The fourth-order valence-electron chi connectivity index (χ4n) is 2.46. The maximum absolute atomic E-state index is 12.4. The summed E-state index contributed by atoms with van der Waals surface area (Å²) in [6.45, 7) is 1.84. The first kappa shape index (κ1) is 15.7. The highest BCUT2D eigenvalue weighted by Crippen LogP contribution is 2.19. The fraction of sp³-hybridized carbons (Fsp3) is 0.0556. The maximum Gasteiger partial charge on any atom is 0.273 e. The number of nitrogens with zero attached hydrogens (tertiary/aromatic N) is 4. The van der Waals surface area contributed by atoms with Gasteiger partial charge in [-0.3, -0.25) is 20.0 Å². The van der Waals surface area contributed by atoms with Crippen molar-refractivity contribution in [3.8, 4) is 22.8 Å². The Morgan fingerprint density at radius 3 is 2.54 bits per heavy atom. The van der Waals surface area contributed by atoms with Crippen molar-refractivity contribution in [2.45, 2.75) is 6.92 Å². The van der Waals surface area contributed by atoms with Gasteiger partial charge in [0.05, 0.1) is 5.69 Å². The molecule has 0 aliphatic rings. The number of nitrogens with one attached hydrogen (secondary N) is 3. The third-order valence-electron chi connectivity index (χ3n) is 3.75. The van der Waals surface area contributed by atoms with Crippen molar-refractivity contribution in [3.63, 3.8) is 0 Å². The van der Waals surface area contributed by atoms with Crippen LogP contribution in [0.2, 0.25) is 0 Å². The third-order valence-corrected chi connectivity index (χ3v) is 3.75. The molecule has 0 aliphatic carbocycles. The number of carbonyl (C=O) groups excluding carboxylic acids is 1. The number of pyridine rings is 1. The molecule has 1 amide bonds. The molecule has 8 heteroatoms. The highest BCUT2D eigenvalue weighted by Gasteiger charge is 2.12. The standard InChI is InChI=1S/C18H15N7O/c1-11-20-17(25-22-11)12-5-7-13(8-6-12)21-18(26)16-10-15(23-24-16)14-4-2-3-9-19-14/h2-10H,1H3,(H,21,26)(H,23,24)(H,20,22,25). The second-order valence-electron chi connectivity index (χ2n) is 5.66. The number of rotatable bonds is 4. The topological polar surface area (TPSA) is 112 Å². The van der Waals surface area contributed by atoms with Crippen molar-refractivity contribution in [1.82, 2.24) is 30.4 Å². The predicted molar refractivity (Wildman–Crippen MR) is 96.3 cm³/mol. The van der Waals surface area contributed by atoms with Gasteiger partial charge < -0.3 is 5.32 Å². The second-order valence-corrected chi connectivity index (χ2v) is 5.66. The number of aryl methyl sites for hydroxylation is 1. The van der Waals surface area contributed by atoms with E-state index in [2.05, 4.69) is 35.7 Å². The number of hydrogen-bond donors (Lipinski definition) is 3. The van der Waals surface area contributed by atoms with Crippen molar-refractivity contribution in [2.24, 2.45) is 0 Å². The van der Waals surface area contributed by atoms with E-state index in [0.717, 1.165) is 11.4 Å². The van der Waals surface area contributed by atoms with Gasteiger partial charge in [0.2, 0.25) is 0 Å². The van der Waals surface area contributed by atoms with Crippen LogP contribution in [0.4, 0.5) is 5.69 Å². The van der Waals surface area contributed by atoms with Crippen molar-refractivity contribution >= 4 is 11.6 Å². The normalized spacial score (nSPS) is 10.7. The molecular formula is C18H15N7O. The SMILES string of the molecule is Cc1nc(-c2ccc(NC(=O)c3cc(-c4ccccn4)n[nH]3)cc2)n[nH]1. The average molecular weight is 345 g/mol. The van der Waals surface area contributed by atoms with Crippen molar-refractivity contribution in [2.75, 3.05) is 5.32 Å². The van der Waals surface area contributed by atoms with E-state index in [9.17, 15) is 4.79 Å². The van der Waals surface area contributed by atoms with E-state index in [1.54, 1.807) is 24.4 Å². The molecule has 0 radical (unpaired) electrons. The minimum Gasteiger partial charge on any atom is -0.321 e. The van der Waals surface area contributed by atoms with Gasteiger partial charge in [-0.2, -0.15) is 10.2 Å². The van der Waals surface area contributed by atoms with Gasteiger partial charge in [-0.25, -0.2) is 4.98 Å². The van der Waals surface area contributed by atoms with E-state index in [1.165, 1.54) is 0 Å². The van der Waals surface area contributed by atoms with Gasteiger partial charge in [0.15, 0.2) is 5.82 Å². The van der Waals surface area contributed by atoms with Crippen LogP contribution in [0.3, 0.4) is 0 Å². The zero-order chi connectivity index (χ0) is 17.9. The Kier molecular flexibility index (Phi) is 3.98. The molecule has 128 valence electrons. The summed E-state index contributed by atoms with van der Waals surface area (Å²) in [7, 11) is 0. The van der Waals surface area contributed by atoms with Crippen LogP contribution in [-0.2, 0) is 0 Å². The summed E-state index contributed by atoms with van der Waals surface area (Å²) in [6.07, 6.45) is 1.68. The first-order chi connectivity index (χ1) is 12.7. The van der Waals surface area contributed by atoms with Gasteiger partial charge in [0.1, 0.15) is 17.2 Å². The molecule has 3 heterocycles. The zero-order valence-electron chi connectivity index (χ0n) is 13.9. The molecule has 0 fully saturated rings. The van der Waals surface area contributed by atoms with E-state index < -0.39 is 0 Å². The molecule has 8 nitrogen and oxygen atoms in total. The summed E-state index contributed by atoms with van der Waals surface area (Å²) in [5, 5.41) is 16.6. The molecule has 26 heavy (non-hydrogen) atoms. The Labute approximate surface area is 148 Å². The van der Waals surface area contributed by atoms with Crippen molar-refractivity contribution < 1.29 is 4.79 Å². The summed E-state index contributed by atoms with van der Waals surface area (Å²) in [6, 6.07) is 14.5. The molecule has 4 aromatic rings. The summed E-state index contributed by atoms with van der Waals surface area (Å²) in [5.74, 6) is 1.09. The van der Waals surface area contributed by atoms with E-state index in [1.807, 2.05) is 37.3 Å². The lowest BCUT2D eigenvalue weighted by molar-refractivity contribution is 0.102. The summed E-state index contributed by atoms with van der Waals surface area (Å²) in [4.78, 5) is 20.9. The number of aromatic amines is 2. The van der Waals surface area contributed by atoms with Crippen LogP contribution in [0.25, 0.3) is 22.8 Å². The smallest absolute Gasteiger partial charge is 0.273 e. The molecule has 0 bridgehead atoms. The number of amides is 1. The number of benzene rings is 1. The number of aromatic nitrogens is 6. The molecule has 0 aliphatic heterocycles. The second kappa shape index (κ2) is 6.60. The minimum absolute atomic E-state index is 0.277. The zero-order valence-corrected chi connectivity index (χ0v) is 13.9. The Hall–Kier alpha value is -3.81. The predicted octanol–water partition coefficient (Wildman–Crippen LogP) is 2.82. The number of anilines is 1. The van der Waals surface area contributed by atoms with Gasteiger partial charge in [-0.05, 0) is 49.4 Å².